The summed E-state index contributed by atoms with van der Waals surface area (Å²) in [6.07, 6.45) is 5.01. The molecule has 162 valence electrons. The third-order valence-corrected chi connectivity index (χ3v) is 8.19. The highest BCUT2D eigenvalue weighted by Crippen LogP contribution is 2.49. The summed E-state index contributed by atoms with van der Waals surface area (Å²) in [6.45, 7) is 0.362. The highest BCUT2D eigenvalue weighted by atomic mass is 32.2. The summed E-state index contributed by atoms with van der Waals surface area (Å²) < 4.78 is 0. The number of pyridine rings is 1. The van der Waals surface area contributed by atoms with Crippen molar-refractivity contribution in [3.63, 3.8) is 0 Å². The van der Waals surface area contributed by atoms with Crippen LogP contribution in [0, 0.1) is 0 Å². The second kappa shape index (κ2) is 7.73. The van der Waals surface area contributed by atoms with E-state index in [0.29, 0.717) is 19.4 Å². The number of carbonyl (C=O) groups excluding carboxylic acids is 1. The van der Waals surface area contributed by atoms with Gasteiger partial charge in [0.05, 0.1) is 23.6 Å². The summed E-state index contributed by atoms with van der Waals surface area (Å²) in [7, 11) is 0. The Morgan fingerprint density at radius 2 is 1.53 bits per heavy atom. The van der Waals surface area contributed by atoms with Crippen molar-refractivity contribution in [2.24, 2.45) is 0 Å². The zero-order valence-corrected chi connectivity index (χ0v) is 18.5. The molecule has 3 aliphatic heterocycles. The van der Waals surface area contributed by atoms with Crippen LogP contribution in [0.2, 0.25) is 0 Å². The van der Waals surface area contributed by atoms with E-state index in [9.17, 15) is 9.90 Å². The summed E-state index contributed by atoms with van der Waals surface area (Å²) in [5.41, 5.74) is 1.75. The summed E-state index contributed by atoms with van der Waals surface area (Å²) in [6, 6.07) is 22.3. The highest BCUT2D eigenvalue weighted by Gasteiger charge is 2.49. The van der Waals surface area contributed by atoms with E-state index in [4.69, 9.17) is 0 Å². The molecule has 32 heavy (non-hydrogen) atoms. The largest absolute Gasteiger partial charge is 0.383 e. The molecule has 6 heteroatoms. The number of anilines is 2. The predicted molar refractivity (Wildman–Crippen MR) is 125 cm³/mol. The van der Waals surface area contributed by atoms with E-state index in [-0.39, 0.29) is 18.0 Å². The van der Waals surface area contributed by atoms with Crippen molar-refractivity contribution in [3.05, 3.63) is 78.6 Å². The van der Waals surface area contributed by atoms with Gasteiger partial charge in [-0.05, 0) is 62.1 Å². The van der Waals surface area contributed by atoms with E-state index in [0.717, 1.165) is 39.7 Å². The Morgan fingerprint density at radius 3 is 2.12 bits per heavy atom. The summed E-state index contributed by atoms with van der Waals surface area (Å²) in [5, 5.41) is 11.4. The molecule has 1 aromatic heterocycles. The number of piperidine rings is 1. The molecule has 0 spiro atoms. The lowest BCUT2D eigenvalue weighted by Gasteiger charge is -2.44. The fraction of sp³-hybridized carbons (Fsp3) is 0.308. The molecule has 3 aliphatic rings. The molecule has 5 nitrogen and oxygen atoms in total. The van der Waals surface area contributed by atoms with Crippen molar-refractivity contribution < 1.29 is 9.90 Å². The summed E-state index contributed by atoms with van der Waals surface area (Å²) >= 11 is 1.71. The smallest absolute Gasteiger partial charge is 0.245 e. The molecule has 0 aliphatic carbocycles. The van der Waals surface area contributed by atoms with Crippen LogP contribution in [0.4, 0.5) is 11.4 Å². The molecule has 1 amide bonds. The van der Waals surface area contributed by atoms with Gasteiger partial charge >= 0.3 is 0 Å². The minimum absolute atomic E-state index is 0.0883. The lowest BCUT2D eigenvalue weighted by atomic mass is 9.83. The fourth-order valence-corrected chi connectivity index (χ4v) is 6.68. The number of nitrogens with zero attached hydrogens (tertiary/aromatic N) is 3. The lowest BCUT2D eigenvalue weighted by molar-refractivity contribution is -0.123. The predicted octanol–water partition coefficient (Wildman–Crippen LogP) is 4.73. The normalized spacial score (nSPS) is 26.5. The quantitative estimate of drug-likeness (QED) is 0.635. The number of fused-ring (bicyclic) bond motifs is 4. The number of aliphatic hydroxyl groups is 1. The van der Waals surface area contributed by atoms with Gasteiger partial charge in [-0.3, -0.25) is 19.6 Å². The number of amides is 1. The van der Waals surface area contributed by atoms with Crippen LogP contribution in [0.1, 0.15) is 31.4 Å². The number of hydrogen-bond acceptors (Lipinski definition) is 5. The first-order valence-electron chi connectivity index (χ1n) is 11.2. The number of carbonyl (C=O) groups is 1. The number of rotatable bonds is 3. The Kier molecular flexibility index (Phi) is 4.82. The van der Waals surface area contributed by atoms with Gasteiger partial charge in [0, 0.05) is 28.1 Å². The van der Waals surface area contributed by atoms with Crippen molar-refractivity contribution in [2.45, 2.75) is 53.2 Å². The molecule has 2 aromatic carbocycles. The van der Waals surface area contributed by atoms with Crippen LogP contribution in [0.3, 0.4) is 0 Å². The monoisotopic (exact) mass is 443 g/mol. The van der Waals surface area contributed by atoms with Gasteiger partial charge in [-0.25, -0.2) is 0 Å². The van der Waals surface area contributed by atoms with Crippen LogP contribution in [0.15, 0.2) is 82.7 Å². The molecule has 6 rings (SSSR count). The SMILES string of the molecule is O=C(CN1[C@H]2CC[C@H]1CC(O)(c1ccccn1)C2)N1c2ccccc2Sc2ccccc21. The van der Waals surface area contributed by atoms with Gasteiger partial charge in [0.2, 0.25) is 5.91 Å². The molecule has 4 heterocycles. The second-order valence-corrected chi connectivity index (χ2v) is 10.1. The average molecular weight is 444 g/mol. The first-order chi connectivity index (χ1) is 15.6. The Morgan fingerprint density at radius 1 is 0.938 bits per heavy atom. The molecule has 2 fully saturated rings. The van der Waals surface area contributed by atoms with Crippen LogP contribution in [0.5, 0.6) is 0 Å². The molecule has 3 aromatic rings. The van der Waals surface area contributed by atoms with E-state index >= 15 is 0 Å². The molecule has 0 unspecified atom stereocenters. The van der Waals surface area contributed by atoms with Crippen LogP contribution in [-0.2, 0) is 10.4 Å². The van der Waals surface area contributed by atoms with E-state index < -0.39 is 5.60 Å². The lowest BCUT2D eigenvalue weighted by Crippen LogP contribution is -2.53. The molecule has 2 bridgehead atoms. The van der Waals surface area contributed by atoms with E-state index in [1.54, 1.807) is 18.0 Å². The maximum absolute atomic E-state index is 13.7. The summed E-state index contributed by atoms with van der Waals surface area (Å²) in [5.74, 6) is 0.0883. The highest BCUT2D eigenvalue weighted by molar-refractivity contribution is 7.99. The third-order valence-electron chi connectivity index (χ3n) is 7.06. The fourth-order valence-electron chi connectivity index (χ4n) is 5.62. The Labute approximate surface area is 192 Å². The minimum Gasteiger partial charge on any atom is -0.383 e. The maximum atomic E-state index is 13.7. The number of benzene rings is 2. The van der Waals surface area contributed by atoms with Gasteiger partial charge in [0.25, 0.3) is 0 Å². The molecular formula is C26H25N3O2S. The zero-order valence-electron chi connectivity index (χ0n) is 17.7. The maximum Gasteiger partial charge on any atom is 0.245 e. The van der Waals surface area contributed by atoms with Gasteiger partial charge < -0.3 is 5.11 Å². The minimum atomic E-state index is -0.909. The van der Waals surface area contributed by atoms with Gasteiger partial charge in [-0.2, -0.15) is 0 Å². The molecule has 1 N–H and O–H groups in total. The van der Waals surface area contributed by atoms with Gasteiger partial charge in [0.15, 0.2) is 0 Å². The molecule has 2 saturated heterocycles. The van der Waals surface area contributed by atoms with Crippen LogP contribution < -0.4 is 4.90 Å². The van der Waals surface area contributed by atoms with Crippen molar-refractivity contribution in [2.75, 3.05) is 11.4 Å². The molecule has 2 atom stereocenters. The van der Waals surface area contributed by atoms with E-state index in [2.05, 4.69) is 22.0 Å². The topological polar surface area (TPSA) is 56.7 Å². The Balaban J connectivity index is 1.27. The molecule has 0 saturated carbocycles. The Bertz CT molecular complexity index is 1110. The van der Waals surface area contributed by atoms with Crippen molar-refractivity contribution in [1.29, 1.82) is 0 Å². The van der Waals surface area contributed by atoms with E-state index in [1.807, 2.05) is 59.5 Å². The molecule has 0 radical (unpaired) electrons. The van der Waals surface area contributed by atoms with Crippen molar-refractivity contribution >= 4 is 29.0 Å². The van der Waals surface area contributed by atoms with Gasteiger partial charge in [0.1, 0.15) is 5.60 Å². The number of para-hydroxylation sites is 2. The van der Waals surface area contributed by atoms with Crippen LogP contribution >= 0.6 is 11.8 Å². The van der Waals surface area contributed by atoms with Gasteiger partial charge in [-0.15, -0.1) is 0 Å². The Hall–Kier alpha value is -2.67. The van der Waals surface area contributed by atoms with Crippen molar-refractivity contribution in [3.8, 4) is 0 Å². The van der Waals surface area contributed by atoms with Crippen LogP contribution in [0.25, 0.3) is 0 Å². The first-order valence-corrected chi connectivity index (χ1v) is 12.0. The third kappa shape index (κ3) is 3.25. The van der Waals surface area contributed by atoms with Crippen molar-refractivity contribution in [1.82, 2.24) is 9.88 Å². The van der Waals surface area contributed by atoms with Crippen LogP contribution in [-0.4, -0.2) is 39.5 Å². The van der Waals surface area contributed by atoms with Gasteiger partial charge in [-0.1, -0.05) is 42.1 Å². The second-order valence-electron chi connectivity index (χ2n) is 8.98. The standard InChI is InChI=1S/C26H25N3O2S/c30-25(29-20-7-1-3-9-22(20)32-23-10-4-2-8-21(23)29)17-28-18-12-13-19(28)16-26(31,15-18)24-11-5-6-14-27-24/h1-11,14,18-19,31H,12-13,15-17H2/t18-,19-/m0/s1. The first kappa shape index (κ1) is 20.0. The number of aromatic nitrogens is 1. The molecular weight excluding hydrogens is 418 g/mol. The average Bonchev–Trinajstić information content (AvgIpc) is 3.06. The summed E-state index contributed by atoms with van der Waals surface area (Å²) in [4.78, 5) is 24.6. The zero-order chi connectivity index (χ0) is 21.7. The van der Waals surface area contributed by atoms with E-state index in [1.165, 1.54) is 0 Å². The number of hydrogen-bond donors (Lipinski definition) is 1.